The average molecular weight is 387 g/mol. The summed E-state index contributed by atoms with van der Waals surface area (Å²) in [6, 6.07) is -0.428. The summed E-state index contributed by atoms with van der Waals surface area (Å²) in [6.07, 6.45) is 5.17. The number of aromatic nitrogens is 2. The molecule has 7 nitrogen and oxygen atoms in total. The van der Waals surface area contributed by atoms with E-state index in [4.69, 9.17) is 11.6 Å². The van der Waals surface area contributed by atoms with Crippen LogP contribution in [0.25, 0.3) is 0 Å². The lowest BCUT2D eigenvalue weighted by Gasteiger charge is -2.43. The molecule has 138 valence electrons. The zero-order valence-electron chi connectivity index (χ0n) is 14.4. The fraction of sp³-hybridized carbons (Fsp3) is 0.625. The van der Waals surface area contributed by atoms with E-state index in [0.29, 0.717) is 18.1 Å². The fourth-order valence-corrected chi connectivity index (χ4v) is 5.68. The maximum atomic E-state index is 12.7. The number of nitrogens with zero attached hydrogens (tertiary/aromatic N) is 4. The van der Waals surface area contributed by atoms with Gasteiger partial charge in [0.15, 0.2) is 9.84 Å². The van der Waals surface area contributed by atoms with Crippen molar-refractivity contribution in [3.05, 3.63) is 29.1 Å². The SMILES string of the molecule is CC(C)=CCN1CCN(C(=O)Cn2cc(Cl)cn2)[C@@H]2CS(=O)(=O)C[C@@H]21. The number of amides is 1. The van der Waals surface area contributed by atoms with Gasteiger partial charge in [-0.25, -0.2) is 8.42 Å². The summed E-state index contributed by atoms with van der Waals surface area (Å²) in [4.78, 5) is 16.6. The van der Waals surface area contributed by atoms with Crippen molar-refractivity contribution >= 4 is 27.3 Å². The number of rotatable bonds is 4. The highest BCUT2D eigenvalue weighted by molar-refractivity contribution is 7.91. The van der Waals surface area contributed by atoms with Crippen LogP contribution < -0.4 is 0 Å². The molecule has 3 heterocycles. The number of hydrogen-bond acceptors (Lipinski definition) is 5. The Balaban J connectivity index is 1.76. The second-order valence-corrected chi connectivity index (χ2v) is 9.52. The fourth-order valence-electron chi connectivity index (χ4n) is 3.52. The van der Waals surface area contributed by atoms with E-state index in [9.17, 15) is 13.2 Å². The van der Waals surface area contributed by atoms with Crippen LogP contribution in [0.5, 0.6) is 0 Å². The lowest BCUT2D eigenvalue weighted by Crippen LogP contribution is -2.61. The molecule has 0 aromatic carbocycles. The van der Waals surface area contributed by atoms with Gasteiger partial charge in [-0.3, -0.25) is 14.4 Å². The van der Waals surface area contributed by atoms with Gasteiger partial charge < -0.3 is 4.90 Å². The summed E-state index contributed by atoms with van der Waals surface area (Å²) in [5, 5.41) is 4.50. The second-order valence-electron chi connectivity index (χ2n) is 6.93. The van der Waals surface area contributed by atoms with E-state index in [2.05, 4.69) is 16.1 Å². The first-order chi connectivity index (χ1) is 11.7. The van der Waals surface area contributed by atoms with Crippen LogP contribution in [0.15, 0.2) is 24.0 Å². The van der Waals surface area contributed by atoms with Crippen LogP contribution in [0.2, 0.25) is 5.02 Å². The molecule has 2 aliphatic heterocycles. The zero-order valence-corrected chi connectivity index (χ0v) is 16.0. The van der Waals surface area contributed by atoms with Crippen LogP contribution in [0.3, 0.4) is 0 Å². The smallest absolute Gasteiger partial charge is 0.244 e. The number of fused-ring (bicyclic) bond motifs is 1. The first kappa shape index (κ1) is 18.4. The zero-order chi connectivity index (χ0) is 18.2. The van der Waals surface area contributed by atoms with Crippen LogP contribution >= 0.6 is 11.6 Å². The van der Waals surface area contributed by atoms with Crippen molar-refractivity contribution in [2.45, 2.75) is 32.5 Å². The first-order valence-electron chi connectivity index (χ1n) is 8.30. The van der Waals surface area contributed by atoms with Gasteiger partial charge in [-0.05, 0) is 13.8 Å². The summed E-state index contributed by atoms with van der Waals surface area (Å²) >= 11 is 5.84. The van der Waals surface area contributed by atoms with Crippen molar-refractivity contribution in [2.24, 2.45) is 0 Å². The number of carbonyl (C=O) groups is 1. The summed E-state index contributed by atoms with van der Waals surface area (Å²) in [7, 11) is -3.14. The van der Waals surface area contributed by atoms with Crippen molar-refractivity contribution in [1.29, 1.82) is 0 Å². The van der Waals surface area contributed by atoms with Crippen molar-refractivity contribution in [3.8, 4) is 0 Å². The normalized spacial score (nSPS) is 25.6. The summed E-state index contributed by atoms with van der Waals surface area (Å²) in [5.41, 5.74) is 1.20. The number of halogens is 1. The highest BCUT2D eigenvalue weighted by Gasteiger charge is 2.47. The molecule has 1 aromatic rings. The van der Waals surface area contributed by atoms with Gasteiger partial charge in [0.1, 0.15) is 6.54 Å². The van der Waals surface area contributed by atoms with Gasteiger partial charge in [-0.15, -0.1) is 0 Å². The Hall–Kier alpha value is -1.38. The first-order valence-corrected chi connectivity index (χ1v) is 10.5. The Morgan fingerprint density at radius 2 is 2.04 bits per heavy atom. The molecule has 0 bridgehead atoms. The highest BCUT2D eigenvalue weighted by atomic mass is 35.5. The molecular weight excluding hydrogens is 364 g/mol. The molecule has 25 heavy (non-hydrogen) atoms. The molecule has 0 radical (unpaired) electrons. The highest BCUT2D eigenvalue weighted by Crippen LogP contribution is 2.27. The molecule has 2 fully saturated rings. The summed E-state index contributed by atoms with van der Waals surface area (Å²) in [5.74, 6) is 0.0361. The monoisotopic (exact) mass is 386 g/mol. The Bertz CT molecular complexity index is 785. The molecule has 9 heteroatoms. The largest absolute Gasteiger partial charge is 0.334 e. The molecular formula is C16H23ClN4O3S. The number of allylic oxidation sites excluding steroid dienone is 1. The third-order valence-electron chi connectivity index (χ3n) is 4.74. The van der Waals surface area contributed by atoms with Gasteiger partial charge in [0.2, 0.25) is 5.91 Å². The standard InChI is InChI=1S/C16H23ClN4O3S/c1-12(2)3-4-19-5-6-21(15-11-25(23,24)10-14(15)19)16(22)9-20-8-13(17)7-18-20/h3,7-8,14-15H,4-6,9-11H2,1-2H3/t14-,15+/m0/s1. The minimum atomic E-state index is -3.14. The van der Waals surface area contributed by atoms with E-state index in [0.717, 1.165) is 6.54 Å². The molecule has 1 amide bonds. The molecule has 1 aromatic heterocycles. The van der Waals surface area contributed by atoms with Crippen molar-refractivity contribution in [2.75, 3.05) is 31.1 Å². The maximum absolute atomic E-state index is 12.7. The third kappa shape index (κ3) is 4.24. The average Bonchev–Trinajstić information content (AvgIpc) is 3.06. The molecule has 2 saturated heterocycles. The van der Waals surface area contributed by atoms with Crippen molar-refractivity contribution in [1.82, 2.24) is 19.6 Å². The number of piperazine rings is 1. The predicted molar refractivity (Wildman–Crippen MR) is 96.2 cm³/mol. The van der Waals surface area contributed by atoms with Gasteiger partial charge in [0, 0.05) is 31.9 Å². The molecule has 3 rings (SSSR count). The van der Waals surface area contributed by atoms with Gasteiger partial charge in [0.25, 0.3) is 0 Å². The molecule has 0 N–H and O–H groups in total. The van der Waals surface area contributed by atoms with Crippen molar-refractivity contribution < 1.29 is 13.2 Å². The van der Waals surface area contributed by atoms with E-state index in [-0.39, 0.29) is 36.0 Å². The lowest BCUT2D eigenvalue weighted by molar-refractivity contribution is -0.137. The number of sulfone groups is 1. The maximum Gasteiger partial charge on any atom is 0.244 e. The van der Waals surface area contributed by atoms with Crippen LogP contribution in [-0.2, 0) is 21.2 Å². The van der Waals surface area contributed by atoms with E-state index in [1.54, 1.807) is 11.1 Å². The molecule has 0 unspecified atom stereocenters. The predicted octanol–water partition coefficient (Wildman–Crippen LogP) is 0.812. The molecule has 2 atom stereocenters. The molecule has 0 spiro atoms. The molecule has 0 aliphatic carbocycles. The quantitative estimate of drug-likeness (QED) is 0.716. The Morgan fingerprint density at radius 1 is 1.32 bits per heavy atom. The van der Waals surface area contributed by atoms with E-state index < -0.39 is 9.84 Å². The molecule has 2 aliphatic rings. The van der Waals surface area contributed by atoms with Gasteiger partial charge >= 0.3 is 0 Å². The summed E-state index contributed by atoms with van der Waals surface area (Å²) < 4.78 is 25.9. The van der Waals surface area contributed by atoms with E-state index >= 15 is 0 Å². The van der Waals surface area contributed by atoms with Crippen LogP contribution in [0.1, 0.15) is 13.8 Å². The van der Waals surface area contributed by atoms with Gasteiger partial charge in [-0.1, -0.05) is 23.3 Å². The molecule has 0 saturated carbocycles. The van der Waals surface area contributed by atoms with Crippen molar-refractivity contribution in [3.63, 3.8) is 0 Å². The Kier molecular flexibility index (Phi) is 5.22. The van der Waals surface area contributed by atoms with Crippen LogP contribution in [-0.4, -0.2) is 77.1 Å². The third-order valence-corrected chi connectivity index (χ3v) is 6.64. The Labute approximate surface area is 153 Å². The topological polar surface area (TPSA) is 75.5 Å². The van der Waals surface area contributed by atoms with Gasteiger partial charge in [0.05, 0.1) is 28.8 Å². The number of hydrogen-bond donors (Lipinski definition) is 0. The minimum absolute atomic E-state index is 0.0363. The Morgan fingerprint density at radius 3 is 2.68 bits per heavy atom. The van der Waals surface area contributed by atoms with E-state index in [1.807, 2.05) is 13.8 Å². The van der Waals surface area contributed by atoms with Crippen LogP contribution in [0.4, 0.5) is 0 Å². The lowest BCUT2D eigenvalue weighted by atomic mass is 10.0. The minimum Gasteiger partial charge on any atom is -0.334 e. The van der Waals surface area contributed by atoms with Crippen LogP contribution in [0, 0.1) is 0 Å². The van der Waals surface area contributed by atoms with Gasteiger partial charge in [-0.2, -0.15) is 5.10 Å². The second kappa shape index (κ2) is 7.09. The summed E-state index contributed by atoms with van der Waals surface area (Å²) in [6.45, 7) is 6.04. The van der Waals surface area contributed by atoms with E-state index in [1.165, 1.54) is 16.5 Å². The number of carbonyl (C=O) groups excluding carboxylic acids is 1.